The molecule has 1 aromatic heterocycles. The maximum Gasteiger partial charge on any atom is 0.402 e. The second-order valence-corrected chi connectivity index (χ2v) is 12.7. The summed E-state index contributed by atoms with van der Waals surface area (Å²) in [4.78, 5) is 0. The molecule has 6 rings (SSSR count). The van der Waals surface area contributed by atoms with E-state index >= 15 is 0 Å². The van der Waals surface area contributed by atoms with Crippen LogP contribution in [0.5, 0.6) is 28.7 Å². The van der Waals surface area contributed by atoms with E-state index in [2.05, 4.69) is 0 Å². The SMILES string of the molecule is COc1cc(-c2[o+]c3cc(O)cc(O)c3cc2O[C@@H]2O[C@H](CO[C@@H]3O[C@@H](C)[C@H](O)[C@@H](O)[C@@H]3O)[C@@H](O)[C@H](O)[C@H]2O[C@@H]2OC[C@H](O)[C@H](O)[C@@H]2O)ccc1O. The summed E-state index contributed by atoms with van der Waals surface area (Å²) < 4.78 is 45.8. The van der Waals surface area contributed by atoms with Gasteiger partial charge in [-0.15, -0.1) is 0 Å². The van der Waals surface area contributed by atoms with Gasteiger partial charge in [0, 0.05) is 18.2 Å². The van der Waals surface area contributed by atoms with Gasteiger partial charge in [0.2, 0.25) is 12.0 Å². The Balaban J connectivity index is 1.37. The minimum atomic E-state index is -1.91. The Bertz CT molecular complexity index is 1710. The van der Waals surface area contributed by atoms with Gasteiger partial charge in [0.15, 0.2) is 30.2 Å². The van der Waals surface area contributed by atoms with Crippen molar-refractivity contribution in [3.05, 3.63) is 36.4 Å². The van der Waals surface area contributed by atoms with E-state index in [-0.39, 0.29) is 45.3 Å². The average Bonchev–Trinajstić information content (AvgIpc) is 3.11. The first-order valence-electron chi connectivity index (χ1n) is 16.2. The van der Waals surface area contributed by atoms with Crippen LogP contribution in [0.15, 0.2) is 40.8 Å². The highest BCUT2D eigenvalue weighted by atomic mass is 16.8. The van der Waals surface area contributed by atoms with Gasteiger partial charge in [-0.2, -0.15) is 0 Å². The fourth-order valence-corrected chi connectivity index (χ4v) is 6.09. The summed E-state index contributed by atoms with van der Waals surface area (Å²) in [5, 5.41) is 115. The van der Waals surface area contributed by atoms with Gasteiger partial charge in [0.05, 0.1) is 38.1 Å². The average molecular weight is 742 g/mol. The second-order valence-electron chi connectivity index (χ2n) is 12.7. The number of fused-ring (bicyclic) bond motifs is 1. The molecule has 0 bridgehead atoms. The number of phenols is 3. The number of aliphatic hydroxyl groups is 8. The number of benzene rings is 2. The van der Waals surface area contributed by atoms with Crippen molar-refractivity contribution in [2.75, 3.05) is 20.3 Å². The summed E-state index contributed by atoms with van der Waals surface area (Å²) in [5.41, 5.74) is 0.231. The van der Waals surface area contributed by atoms with Crippen LogP contribution in [0.4, 0.5) is 0 Å². The number of hydrogen-bond donors (Lipinski definition) is 11. The summed E-state index contributed by atoms with van der Waals surface area (Å²) in [7, 11) is 1.31. The number of rotatable bonds is 9. The third-order valence-corrected chi connectivity index (χ3v) is 9.12. The second kappa shape index (κ2) is 15.4. The molecule has 11 N–H and O–H groups in total. The van der Waals surface area contributed by atoms with Crippen LogP contribution < -0.4 is 9.47 Å². The van der Waals surface area contributed by atoms with Crippen LogP contribution in [-0.2, 0) is 23.7 Å². The Morgan fingerprint density at radius 3 is 2.19 bits per heavy atom. The first-order valence-corrected chi connectivity index (χ1v) is 16.2. The lowest BCUT2D eigenvalue weighted by Gasteiger charge is -2.45. The van der Waals surface area contributed by atoms with Crippen molar-refractivity contribution in [2.45, 2.75) is 92.9 Å². The molecule has 2 aromatic carbocycles. The van der Waals surface area contributed by atoms with Gasteiger partial charge < -0.3 is 89.3 Å². The smallest absolute Gasteiger partial charge is 0.402 e. The maximum absolute atomic E-state index is 11.4. The molecule has 52 heavy (non-hydrogen) atoms. The summed E-state index contributed by atoms with van der Waals surface area (Å²) >= 11 is 0. The Labute approximate surface area is 294 Å². The zero-order valence-corrected chi connectivity index (χ0v) is 27.6. The van der Waals surface area contributed by atoms with Crippen LogP contribution in [0.25, 0.3) is 22.3 Å². The molecular formula is C33H41O19+. The largest absolute Gasteiger partial charge is 0.507 e. The zero-order chi connectivity index (χ0) is 37.6. The molecule has 0 saturated carbocycles. The van der Waals surface area contributed by atoms with Crippen LogP contribution >= 0.6 is 0 Å². The fourth-order valence-electron chi connectivity index (χ4n) is 6.09. The number of aliphatic hydroxyl groups excluding tert-OH is 8. The Morgan fingerprint density at radius 1 is 0.731 bits per heavy atom. The molecule has 4 heterocycles. The molecule has 14 atom stereocenters. The molecule has 286 valence electrons. The molecule has 3 fully saturated rings. The molecular weight excluding hydrogens is 700 g/mol. The van der Waals surface area contributed by atoms with E-state index in [0.717, 1.165) is 6.07 Å². The lowest BCUT2D eigenvalue weighted by atomic mass is 9.98. The molecule has 0 spiro atoms. The van der Waals surface area contributed by atoms with Crippen molar-refractivity contribution in [3.63, 3.8) is 0 Å². The quantitative estimate of drug-likeness (QED) is 0.106. The zero-order valence-electron chi connectivity index (χ0n) is 27.6. The Morgan fingerprint density at radius 2 is 1.46 bits per heavy atom. The summed E-state index contributed by atoms with van der Waals surface area (Å²) in [5.74, 6) is -1.21. The molecule has 3 aromatic rings. The predicted molar refractivity (Wildman–Crippen MR) is 170 cm³/mol. The normalized spacial score (nSPS) is 36.8. The van der Waals surface area contributed by atoms with Gasteiger partial charge in [0.25, 0.3) is 0 Å². The van der Waals surface area contributed by atoms with E-state index in [0.29, 0.717) is 0 Å². The van der Waals surface area contributed by atoms with Gasteiger partial charge >= 0.3 is 11.3 Å². The molecule has 19 nitrogen and oxygen atoms in total. The van der Waals surface area contributed by atoms with Gasteiger partial charge in [-0.3, -0.25) is 0 Å². The van der Waals surface area contributed by atoms with E-state index in [4.69, 9.17) is 37.6 Å². The summed E-state index contributed by atoms with van der Waals surface area (Å²) in [6.45, 7) is 0.367. The van der Waals surface area contributed by atoms with Gasteiger partial charge in [-0.25, -0.2) is 4.42 Å². The van der Waals surface area contributed by atoms with E-state index in [9.17, 15) is 56.2 Å². The third-order valence-electron chi connectivity index (χ3n) is 9.12. The number of ether oxygens (including phenoxy) is 7. The van der Waals surface area contributed by atoms with Crippen molar-refractivity contribution in [2.24, 2.45) is 0 Å². The molecule has 0 amide bonds. The van der Waals surface area contributed by atoms with Crippen LogP contribution in [0.3, 0.4) is 0 Å². The monoisotopic (exact) mass is 741 g/mol. The van der Waals surface area contributed by atoms with Crippen molar-refractivity contribution in [1.82, 2.24) is 0 Å². The first-order chi connectivity index (χ1) is 24.7. The van der Waals surface area contributed by atoms with Crippen molar-refractivity contribution in [3.8, 4) is 40.1 Å². The Kier molecular flexibility index (Phi) is 11.2. The van der Waals surface area contributed by atoms with Crippen LogP contribution in [0.1, 0.15) is 6.92 Å². The topological polar surface area (TPSA) is 298 Å². The number of phenolic OH excluding ortho intramolecular Hbond substituents is 3. The van der Waals surface area contributed by atoms with Gasteiger partial charge in [-0.05, 0) is 19.1 Å². The standard InChI is InChI=1S/C33H40O19/c1-11-22(38)25(41)28(44)31(48-11)47-10-21-24(40)26(42)30(52-32-27(43)23(39)17(37)9-46-32)33(51-21)50-20-8-14-16(36)6-13(34)7-18(14)49-29(20)12-3-4-15(35)19(5-12)45-2/h3-8,11,17,21-28,30-33,37-44H,9-10H2,1-2H3,(H2-,34,35,36)/p+1/t11-,17-,21+,22-,23-,24+,25+,26-,27-,28-,30+,31+,32-,33+/m0/s1. The minimum absolute atomic E-state index is 0.00941. The number of hydrogen-bond acceptors (Lipinski definition) is 18. The predicted octanol–water partition coefficient (Wildman–Crippen LogP) is -2.00. The first kappa shape index (κ1) is 38.1. The van der Waals surface area contributed by atoms with E-state index < -0.39 is 105 Å². The highest BCUT2D eigenvalue weighted by molar-refractivity contribution is 5.88. The third kappa shape index (κ3) is 7.41. The molecule has 0 unspecified atom stereocenters. The highest BCUT2D eigenvalue weighted by Crippen LogP contribution is 2.43. The van der Waals surface area contributed by atoms with Crippen molar-refractivity contribution >= 4 is 11.0 Å². The van der Waals surface area contributed by atoms with Gasteiger partial charge in [0.1, 0.15) is 71.8 Å². The number of aromatic hydroxyl groups is 3. The van der Waals surface area contributed by atoms with Gasteiger partial charge in [-0.1, -0.05) is 0 Å². The molecule has 0 radical (unpaired) electrons. The summed E-state index contributed by atoms with van der Waals surface area (Å²) in [6, 6.07) is 7.69. The van der Waals surface area contributed by atoms with E-state index in [1.807, 2.05) is 0 Å². The Hall–Kier alpha value is -3.67. The van der Waals surface area contributed by atoms with Crippen molar-refractivity contribution in [1.29, 1.82) is 0 Å². The van der Waals surface area contributed by atoms with E-state index in [1.165, 1.54) is 44.4 Å². The van der Waals surface area contributed by atoms with Crippen molar-refractivity contribution < 1.29 is 93.7 Å². The minimum Gasteiger partial charge on any atom is -0.507 e. The van der Waals surface area contributed by atoms with Crippen LogP contribution in [0.2, 0.25) is 0 Å². The maximum atomic E-state index is 11.4. The molecule has 3 saturated heterocycles. The summed E-state index contributed by atoms with van der Waals surface area (Å²) in [6.07, 6.45) is -22.6. The molecule has 0 aliphatic carbocycles. The van der Waals surface area contributed by atoms with Crippen LogP contribution in [-0.4, -0.2) is 163 Å². The lowest BCUT2D eigenvalue weighted by molar-refractivity contribution is -0.352. The van der Waals surface area contributed by atoms with E-state index in [1.54, 1.807) is 0 Å². The molecule has 3 aliphatic heterocycles. The number of methoxy groups -OCH3 is 1. The molecule has 19 heteroatoms. The molecule has 3 aliphatic rings. The fraction of sp³-hybridized carbons (Fsp3) is 0.545. The lowest BCUT2D eigenvalue weighted by Crippen LogP contribution is -2.64. The highest BCUT2D eigenvalue weighted by Gasteiger charge is 2.51. The van der Waals surface area contributed by atoms with Crippen LogP contribution in [0, 0.1) is 0 Å².